The molecule has 2 heterocycles. The maximum atomic E-state index is 4.50. The second kappa shape index (κ2) is 6.31. The van der Waals surface area contributed by atoms with Gasteiger partial charge in [0.05, 0.1) is 0 Å². The molecule has 1 aromatic heterocycles. The molecule has 0 aromatic carbocycles. The summed E-state index contributed by atoms with van der Waals surface area (Å²) in [4.78, 5) is 13.5. The third-order valence-corrected chi connectivity index (χ3v) is 3.43. The molecule has 1 fully saturated rings. The minimum absolute atomic E-state index is 0.851. The van der Waals surface area contributed by atoms with Gasteiger partial charge in [0, 0.05) is 37.7 Å². The van der Waals surface area contributed by atoms with Crippen LogP contribution >= 0.6 is 15.9 Å². The molecule has 94 valence electrons. The minimum Gasteiger partial charge on any atom is -0.355 e. The predicted molar refractivity (Wildman–Crippen MR) is 73.8 cm³/mol. The highest BCUT2D eigenvalue weighted by Gasteiger charge is 2.15. The van der Waals surface area contributed by atoms with Gasteiger partial charge in [0.1, 0.15) is 11.6 Å². The first-order chi connectivity index (χ1) is 8.29. The molecule has 0 atom stereocenters. The molecule has 0 bridgehead atoms. The lowest BCUT2D eigenvalue weighted by molar-refractivity contribution is 0.313. The van der Waals surface area contributed by atoms with Crippen LogP contribution in [0.3, 0.4) is 0 Å². The summed E-state index contributed by atoms with van der Waals surface area (Å²) in [7, 11) is 0. The molecular formula is C12H19BrN4. The fraction of sp³-hybridized carbons (Fsp3) is 0.667. The fourth-order valence-electron chi connectivity index (χ4n) is 2.16. The van der Waals surface area contributed by atoms with Crippen LogP contribution in [0.1, 0.15) is 12.2 Å². The van der Waals surface area contributed by atoms with Gasteiger partial charge in [-0.05, 0) is 26.0 Å². The maximum Gasteiger partial charge on any atom is 0.132 e. The summed E-state index contributed by atoms with van der Waals surface area (Å²) in [6, 6.07) is 2.01. The van der Waals surface area contributed by atoms with Crippen molar-refractivity contribution in [2.45, 2.75) is 13.3 Å². The van der Waals surface area contributed by atoms with Crippen molar-refractivity contribution in [1.29, 1.82) is 0 Å². The van der Waals surface area contributed by atoms with E-state index in [0.717, 1.165) is 43.2 Å². The van der Waals surface area contributed by atoms with E-state index < -0.39 is 0 Å². The van der Waals surface area contributed by atoms with E-state index in [1.54, 1.807) is 0 Å². The Labute approximate surface area is 111 Å². The number of anilines is 1. The Morgan fingerprint density at radius 2 is 2.18 bits per heavy atom. The molecule has 5 heteroatoms. The molecule has 4 nitrogen and oxygen atoms in total. The molecule has 0 amide bonds. The van der Waals surface area contributed by atoms with Gasteiger partial charge in [0.2, 0.25) is 0 Å². The van der Waals surface area contributed by atoms with Gasteiger partial charge in [-0.25, -0.2) is 9.97 Å². The number of nitrogens with zero attached hydrogens (tertiary/aromatic N) is 4. The van der Waals surface area contributed by atoms with Crippen LogP contribution in [-0.4, -0.2) is 52.9 Å². The topological polar surface area (TPSA) is 32.3 Å². The van der Waals surface area contributed by atoms with Gasteiger partial charge in [0.25, 0.3) is 0 Å². The summed E-state index contributed by atoms with van der Waals surface area (Å²) in [5.41, 5.74) is 0. The van der Waals surface area contributed by atoms with Crippen molar-refractivity contribution >= 4 is 21.7 Å². The first-order valence-corrected chi connectivity index (χ1v) is 7.24. The third kappa shape index (κ3) is 3.64. The van der Waals surface area contributed by atoms with Crippen LogP contribution in [0.25, 0.3) is 0 Å². The number of hydrogen-bond acceptors (Lipinski definition) is 4. The van der Waals surface area contributed by atoms with Crippen LogP contribution in [-0.2, 0) is 0 Å². The molecule has 1 aliphatic rings. The normalized spacial score (nSPS) is 18.1. The number of aromatic nitrogens is 2. The summed E-state index contributed by atoms with van der Waals surface area (Å²) in [5.74, 6) is 1.92. The van der Waals surface area contributed by atoms with Crippen molar-refractivity contribution in [3.63, 3.8) is 0 Å². The zero-order valence-electron chi connectivity index (χ0n) is 10.3. The third-order valence-electron chi connectivity index (χ3n) is 3.07. The van der Waals surface area contributed by atoms with Crippen molar-refractivity contribution in [3.8, 4) is 0 Å². The molecule has 0 aliphatic carbocycles. The highest BCUT2D eigenvalue weighted by atomic mass is 79.9. The number of rotatable bonds is 3. The monoisotopic (exact) mass is 298 g/mol. The molecule has 0 unspecified atom stereocenters. The lowest BCUT2D eigenvalue weighted by atomic mass is 10.3. The number of alkyl halides is 1. The number of aryl methyl sites for hydroxylation is 1. The molecule has 1 aromatic rings. The fourth-order valence-corrected chi connectivity index (χ4v) is 2.66. The predicted octanol–water partition coefficient (Wildman–Crippen LogP) is 1.69. The lowest BCUT2D eigenvalue weighted by Crippen LogP contribution is -2.32. The van der Waals surface area contributed by atoms with Crippen molar-refractivity contribution < 1.29 is 0 Å². The van der Waals surface area contributed by atoms with Crippen molar-refractivity contribution in [2.75, 3.05) is 43.0 Å². The largest absolute Gasteiger partial charge is 0.355 e. The quantitative estimate of drug-likeness (QED) is 0.795. The van der Waals surface area contributed by atoms with E-state index in [4.69, 9.17) is 0 Å². The molecule has 0 N–H and O–H groups in total. The van der Waals surface area contributed by atoms with Gasteiger partial charge in [-0.15, -0.1) is 0 Å². The SMILES string of the molecule is Cc1nccc(N2CCCN(CCBr)CC2)n1. The standard InChI is InChI=1S/C12H19BrN4/c1-11-14-5-3-12(15-11)17-7-2-6-16(8-4-13)9-10-17/h3,5H,2,4,6-10H2,1H3. The van der Waals surface area contributed by atoms with Crippen LogP contribution in [0.2, 0.25) is 0 Å². The average Bonchev–Trinajstić information content (AvgIpc) is 2.55. The molecule has 17 heavy (non-hydrogen) atoms. The summed E-state index contributed by atoms with van der Waals surface area (Å²) in [6.45, 7) is 7.54. The van der Waals surface area contributed by atoms with Crippen LogP contribution in [0, 0.1) is 6.92 Å². The van der Waals surface area contributed by atoms with E-state index in [9.17, 15) is 0 Å². The van der Waals surface area contributed by atoms with E-state index >= 15 is 0 Å². The first-order valence-electron chi connectivity index (χ1n) is 6.12. The van der Waals surface area contributed by atoms with Crippen LogP contribution < -0.4 is 4.90 Å². The summed E-state index contributed by atoms with van der Waals surface area (Å²) in [6.07, 6.45) is 3.05. The molecule has 0 radical (unpaired) electrons. The summed E-state index contributed by atoms with van der Waals surface area (Å²) < 4.78 is 0. The maximum absolute atomic E-state index is 4.50. The highest BCUT2D eigenvalue weighted by molar-refractivity contribution is 9.09. The minimum atomic E-state index is 0.851. The van der Waals surface area contributed by atoms with Gasteiger partial charge in [-0.2, -0.15) is 0 Å². The van der Waals surface area contributed by atoms with Crippen LogP contribution in [0.5, 0.6) is 0 Å². The van der Waals surface area contributed by atoms with Crippen molar-refractivity contribution in [3.05, 3.63) is 18.1 Å². The second-order valence-electron chi connectivity index (χ2n) is 4.33. The Morgan fingerprint density at radius 3 is 2.94 bits per heavy atom. The van der Waals surface area contributed by atoms with Crippen LogP contribution in [0.4, 0.5) is 5.82 Å². The van der Waals surface area contributed by atoms with E-state index in [2.05, 4.69) is 35.7 Å². The van der Waals surface area contributed by atoms with Gasteiger partial charge in [0.15, 0.2) is 0 Å². The smallest absolute Gasteiger partial charge is 0.132 e. The van der Waals surface area contributed by atoms with Gasteiger partial charge < -0.3 is 9.80 Å². The number of hydrogen-bond donors (Lipinski definition) is 0. The first kappa shape index (κ1) is 12.8. The van der Waals surface area contributed by atoms with Crippen molar-refractivity contribution in [2.24, 2.45) is 0 Å². The Hall–Kier alpha value is -0.680. The molecule has 0 saturated carbocycles. The van der Waals surface area contributed by atoms with E-state index in [1.165, 1.54) is 13.0 Å². The van der Waals surface area contributed by atoms with Crippen molar-refractivity contribution in [1.82, 2.24) is 14.9 Å². The summed E-state index contributed by atoms with van der Waals surface area (Å²) >= 11 is 3.50. The zero-order chi connectivity index (χ0) is 12.1. The zero-order valence-corrected chi connectivity index (χ0v) is 11.9. The van der Waals surface area contributed by atoms with E-state index in [-0.39, 0.29) is 0 Å². The molecular weight excluding hydrogens is 280 g/mol. The highest BCUT2D eigenvalue weighted by Crippen LogP contribution is 2.13. The average molecular weight is 299 g/mol. The van der Waals surface area contributed by atoms with Gasteiger partial charge >= 0.3 is 0 Å². The van der Waals surface area contributed by atoms with E-state index in [0.29, 0.717) is 0 Å². The Morgan fingerprint density at radius 1 is 1.29 bits per heavy atom. The summed E-state index contributed by atoms with van der Waals surface area (Å²) in [5, 5.41) is 1.06. The Kier molecular flexibility index (Phi) is 4.74. The van der Waals surface area contributed by atoms with Gasteiger partial charge in [-0.3, -0.25) is 0 Å². The van der Waals surface area contributed by atoms with Crippen LogP contribution in [0.15, 0.2) is 12.3 Å². The molecule has 0 spiro atoms. The number of halogens is 1. The van der Waals surface area contributed by atoms with Gasteiger partial charge in [-0.1, -0.05) is 15.9 Å². The second-order valence-corrected chi connectivity index (χ2v) is 5.13. The van der Waals surface area contributed by atoms with E-state index in [1.807, 2.05) is 19.2 Å². The molecule has 1 saturated heterocycles. The Bertz CT molecular complexity index is 358. The lowest BCUT2D eigenvalue weighted by Gasteiger charge is -2.22. The Balaban J connectivity index is 1.99. The molecule has 2 rings (SSSR count). The molecule has 1 aliphatic heterocycles.